The van der Waals surface area contributed by atoms with Crippen LogP contribution in [0.3, 0.4) is 0 Å². The van der Waals surface area contributed by atoms with Gasteiger partial charge in [-0.1, -0.05) is 17.7 Å². The Hall–Kier alpha value is -2.64. The van der Waals surface area contributed by atoms with Crippen molar-refractivity contribution in [3.05, 3.63) is 42.1 Å². The first kappa shape index (κ1) is 10.5. The first-order valence-corrected chi connectivity index (χ1v) is 6.27. The third kappa shape index (κ3) is 0.838. The summed E-state index contributed by atoms with van der Waals surface area (Å²) in [5.41, 5.74) is 0.00174. The fourth-order valence-corrected chi connectivity index (χ4v) is 3.84. The van der Waals surface area contributed by atoms with Crippen molar-refractivity contribution in [1.82, 2.24) is 5.17 Å². The molecule has 1 fully saturated rings. The van der Waals surface area contributed by atoms with Crippen molar-refractivity contribution in [3.63, 3.8) is 0 Å². The first-order valence-electron chi connectivity index (χ1n) is 6.27. The van der Waals surface area contributed by atoms with Crippen LogP contribution in [0.15, 0.2) is 36.1 Å². The molecule has 18 heavy (non-hydrogen) atoms. The van der Waals surface area contributed by atoms with E-state index in [0.717, 1.165) is 12.2 Å². The molecular weight excluding hydrogens is 474 g/mol. The molecule has 0 bridgehead atoms. The Labute approximate surface area is 101 Å². The maximum absolute atomic E-state index is 5.90. The van der Waals surface area contributed by atoms with Crippen molar-refractivity contribution >= 4 is 6.21 Å². The summed E-state index contributed by atoms with van der Waals surface area (Å²) in [7, 11) is 1.98. The van der Waals surface area contributed by atoms with Gasteiger partial charge in [-0.25, -0.2) is 0 Å². The molecule has 4 aliphatic rings. The molecular formula is C14H16LrN2O. The largest absolute Gasteiger partial charge is 0.393 e. The molecule has 0 aromatic carbocycles. The molecule has 1 radical (unpaired) electrons. The standard InChI is InChI=1S/C14H16N2O.Lr/c1-3-14-12-9-11-7-6-10(13(11)14)5-4-8-16(14)15(2)17-12;/h4-10,13H,3H2,1-2H3;. The van der Waals surface area contributed by atoms with E-state index in [1.165, 1.54) is 5.92 Å². The van der Waals surface area contributed by atoms with Crippen LogP contribution in [0.1, 0.15) is 13.3 Å². The molecule has 0 amide bonds. The Balaban J connectivity index is 0.000001000. The van der Waals surface area contributed by atoms with Gasteiger partial charge in [0.1, 0.15) is 12.8 Å². The van der Waals surface area contributed by atoms with Crippen LogP contribution in [-0.2, 0) is 4.84 Å². The van der Waals surface area contributed by atoms with Crippen LogP contribution < -0.4 is 0 Å². The molecule has 3 unspecified atom stereocenters. The molecule has 4 rings (SSSR count). The zero-order valence-corrected chi connectivity index (χ0v) is 12.5. The molecule has 0 aromatic rings. The van der Waals surface area contributed by atoms with Crippen molar-refractivity contribution in [2.45, 2.75) is 18.9 Å². The number of hydrogen-bond acceptors (Lipinski definition) is 2. The van der Waals surface area contributed by atoms with E-state index in [4.69, 9.17) is 4.84 Å². The van der Waals surface area contributed by atoms with Gasteiger partial charge in [0.25, 0.3) is 0 Å². The number of hydrazine groups is 1. The maximum atomic E-state index is 5.90. The Morgan fingerprint density at radius 3 is 3.11 bits per heavy atom. The minimum atomic E-state index is 0. The van der Waals surface area contributed by atoms with E-state index in [1.54, 1.807) is 0 Å². The third-order valence-electron chi connectivity index (χ3n) is 4.54. The molecule has 4 heteroatoms. The molecule has 3 atom stereocenters. The Bertz CT molecular complexity index is 508. The molecule has 2 heterocycles. The third-order valence-corrected chi connectivity index (χ3v) is 4.54. The summed E-state index contributed by atoms with van der Waals surface area (Å²) in [4.78, 5) is 5.90. The van der Waals surface area contributed by atoms with E-state index in [9.17, 15) is 0 Å². The average molecular weight is 490 g/mol. The van der Waals surface area contributed by atoms with Crippen LogP contribution in [0, 0.1) is 17.8 Å². The Morgan fingerprint density at radius 2 is 2.33 bits per heavy atom. The molecule has 2 aliphatic carbocycles. The van der Waals surface area contributed by atoms with E-state index in [1.807, 2.05) is 12.2 Å². The van der Waals surface area contributed by atoms with Gasteiger partial charge in [-0.05, 0) is 17.2 Å². The van der Waals surface area contributed by atoms with Crippen molar-refractivity contribution < 1.29 is 9.52 Å². The number of rotatable bonds is 1. The molecule has 2 aliphatic heterocycles. The van der Waals surface area contributed by atoms with Crippen molar-refractivity contribution in [2.24, 2.45) is 11.8 Å². The van der Waals surface area contributed by atoms with E-state index < -0.39 is 0 Å². The van der Waals surface area contributed by atoms with Crippen LogP contribution in [0.4, 0.5) is 0 Å². The van der Waals surface area contributed by atoms with Gasteiger partial charge in [0.05, 0.1) is 0 Å². The van der Waals surface area contributed by atoms with Crippen LogP contribution in [0.2, 0.25) is 0 Å². The molecule has 0 N–H and O–H groups in total. The van der Waals surface area contributed by atoms with E-state index >= 15 is 0 Å². The summed E-state index contributed by atoms with van der Waals surface area (Å²) in [6.07, 6.45) is 14.5. The smallest absolute Gasteiger partial charge is 0.208 e. The SMILES string of the molecule is CCC12C3=C[C-]4C=CC(C=CC=[N+]1N(C)O3)C42.[Lr]. The van der Waals surface area contributed by atoms with E-state index in [2.05, 4.69) is 48.2 Å². The first-order chi connectivity index (χ1) is 8.27. The summed E-state index contributed by atoms with van der Waals surface area (Å²) in [6, 6.07) is 0. The van der Waals surface area contributed by atoms with Gasteiger partial charge in [0, 0.05) is 12.3 Å². The molecule has 0 spiro atoms. The average Bonchev–Trinajstić information content (AvgIpc) is 2.85. The second-order valence-corrected chi connectivity index (χ2v) is 5.13. The zero-order chi connectivity index (χ0) is 11.6. The van der Waals surface area contributed by atoms with Crippen LogP contribution in [-0.4, -0.2) is 28.7 Å². The topological polar surface area (TPSA) is 15.5 Å². The van der Waals surface area contributed by atoms with Gasteiger partial charge < -0.3 is 4.84 Å². The maximum Gasteiger partial charge on any atom is 0.208 e. The van der Waals surface area contributed by atoms with Gasteiger partial charge in [0.15, 0.2) is 6.21 Å². The number of allylic oxidation sites excluding steroid dienone is 5. The molecule has 0 aromatic heterocycles. The Morgan fingerprint density at radius 1 is 1.50 bits per heavy atom. The van der Waals surface area contributed by atoms with Crippen molar-refractivity contribution in [1.29, 1.82) is 0 Å². The zero-order valence-electron chi connectivity index (χ0n) is 10.4. The van der Waals surface area contributed by atoms with E-state index in [0.29, 0.717) is 11.8 Å². The Kier molecular flexibility index (Phi) is 1.74. The summed E-state index contributed by atoms with van der Waals surface area (Å²) >= 11 is 0. The van der Waals surface area contributed by atoms with Gasteiger partial charge in [-0.2, -0.15) is 12.2 Å². The molecule has 103 valence electrons. The summed E-state index contributed by atoms with van der Waals surface area (Å²) in [6.45, 7) is 2.25. The second-order valence-electron chi connectivity index (χ2n) is 5.13. The minimum absolute atomic E-state index is 0. The number of hydrogen-bond donors (Lipinski definition) is 0. The van der Waals surface area contributed by atoms with Gasteiger partial charge in [-0.3, -0.25) is 0 Å². The van der Waals surface area contributed by atoms with Gasteiger partial charge in [0.2, 0.25) is 5.54 Å². The number of hydroxylamine groups is 1. The van der Waals surface area contributed by atoms with Crippen molar-refractivity contribution in [2.75, 3.05) is 7.05 Å². The minimum Gasteiger partial charge on any atom is -0.393 e. The van der Waals surface area contributed by atoms with Crippen LogP contribution in [0.5, 0.6) is 0 Å². The van der Waals surface area contributed by atoms with Gasteiger partial charge >= 0.3 is 0 Å². The fraction of sp³-hybridized carbons (Fsp3) is 0.429. The fourth-order valence-electron chi connectivity index (χ4n) is 3.84. The van der Waals surface area contributed by atoms with Crippen LogP contribution in [0.25, 0.3) is 0 Å². The monoisotopic (exact) mass is 490 g/mol. The summed E-state index contributed by atoms with van der Waals surface area (Å²) in [5, 5.41) is 1.86. The predicted molar refractivity (Wildman–Crippen MR) is 64.8 cm³/mol. The number of hydrazone groups is 1. The molecule has 0 saturated carbocycles. The van der Waals surface area contributed by atoms with E-state index in [-0.39, 0.29) is 5.54 Å². The molecule has 1 saturated heterocycles. The number of nitrogens with zero attached hydrogens (tertiary/aromatic N) is 2. The van der Waals surface area contributed by atoms with Crippen LogP contribution >= 0.6 is 0 Å². The van der Waals surface area contributed by atoms with Crippen molar-refractivity contribution in [3.8, 4) is 0 Å². The van der Waals surface area contributed by atoms with Gasteiger partial charge in [-0.15, -0.1) is 12.0 Å². The summed E-state index contributed by atoms with van der Waals surface area (Å²) < 4.78 is 2.25. The molecule has 3 nitrogen and oxygen atoms in total. The second kappa shape index (κ2) is 2.97. The normalized spacial score (nSPS) is 37.9. The summed E-state index contributed by atoms with van der Waals surface area (Å²) in [5.74, 6) is 3.55. The quantitative estimate of drug-likeness (QED) is 0.412. The predicted octanol–water partition coefficient (Wildman–Crippen LogP) is 1.85.